The molecule has 0 aliphatic heterocycles. The zero-order chi connectivity index (χ0) is 12.4. The summed E-state index contributed by atoms with van der Waals surface area (Å²) in [7, 11) is 0. The molecule has 2 aromatic carbocycles. The number of rotatable bonds is 2. The Labute approximate surface area is 106 Å². The lowest BCUT2D eigenvalue weighted by Gasteiger charge is -2.10. The van der Waals surface area contributed by atoms with Crippen molar-refractivity contribution in [3.05, 3.63) is 58.1 Å². The van der Waals surface area contributed by atoms with Crippen LogP contribution in [0.5, 0.6) is 0 Å². The quantitative estimate of drug-likeness (QED) is 0.714. The van der Waals surface area contributed by atoms with Crippen molar-refractivity contribution in [3.63, 3.8) is 0 Å². The van der Waals surface area contributed by atoms with Gasteiger partial charge in [-0.25, -0.2) is 0 Å². The molecule has 0 radical (unpaired) electrons. The van der Waals surface area contributed by atoms with Crippen LogP contribution in [0, 0.1) is 13.8 Å². The maximum absolute atomic E-state index is 11.1. The summed E-state index contributed by atoms with van der Waals surface area (Å²) < 4.78 is 0. The van der Waals surface area contributed by atoms with Gasteiger partial charge < -0.3 is 0 Å². The highest BCUT2D eigenvalue weighted by Gasteiger charge is 2.08. The highest BCUT2D eigenvalue weighted by molar-refractivity contribution is 6.31. The van der Waals surface area contributed by atoms with E-state index in [0.29, 0.717) is 10.6 Å². The van der Waals surface area contributed by atoms with E-state index in [1.165, 1.54) is 5.56 Å². The van der Waals surface area contributed by atoms with E-state index in [1.54, 1.807) is 6.07 Å². The normalized spacial score (nSPS) is 10.3. The zero-order valence-electron chi connectivity index (χ0n) is 9.83. The first-order valence-electron chi connectivity index (χ1n) is 5.44. The van der Waals surface area contributed by atoms with Gasteiger partial charge in [-0.3, -0.25) is 4.79 Å². The summed E-state index contributed by atoms with van der Waals surface area (Å²) in [4.78, 5) is 11.1. The van der Waals surface area contributed by atoms with E-state index >= 15 is 0 Å². The molecule has 0 heterocycles. The van der Waals surface area contributed by atoms with Gasteiger partial charge in [-0.15, -0.1) is 0 Å². The molecule has 17 heavy (non-hydrogen) atoms. The first-order chi connectivity index (χ1) is 8.11. The summed E-state index contributed by atoms with van der Waals surface area (Å²) in [5.41, 5.74) is 4.99. The molecular weight excluding hydrogens is 232 g/mol. The minimum Gasteiger partial charge on any atom is -0.298 e. The molecule has 0 fully saturated rings. The van der Waals surface area contributed by atoms with Crippen LogP contribution < -0.4 is 0 Å². The van der Waals surface area contributed by atoms with Crippen molar-refractivity contribution in [2.45, 2.75) is 13.8 Å². The highest BCUT2D eigenvalue weighted by atomic mass is 35.5. The molecule has 0 aliphatic rings. The summed E-state index contributed by atoms with van der Waals surface area (Å²) in [5, 5.41) is 0.584. The van der Waals surface area contributed by atoms with Gasteiger partial charge in [0.1, 0.15) is 0 Å². The summed E-state index contributed by atoms with van der Waals surface area (Å²) in [5.74, 6) is 0. The van der Waals surface area contributed by atoms with Gasteiger partial charge in [-0.2, -0.15) is 0 Å². The monoisotopic (exact) mass is 244 g/mol. The lowest BCUT2D eigenvalue weighted by atomic mass is 9.95. The van der Waals surface area contributed by atoms with Crippen molar-refractivity contribution in [2.24, 2.45) is 0 Å². The summed E-state index contributed by atoms with van der Waals surface area (Å²) >= 11 is 5.90. The van der Waals surface area contributed by atoms with E-state index in [4.69, 9.17) is 11.6 Å². The Morgan fingerprint density at radius 2 is 1.76 bits per heavy atom. The average molecular weight is 245 g/mol. The fourth-order valence-electron chi connectivity index (χ4n) is 1.90. The lowest BCUT2D eigenvalue weighted by Crippen LogP contribution is -1.91. The second-order valence-corrected chi connectivity index (χ2v) is 4.60. The predicted octanol–water partition coefficient (Wildman–Crippen LogP) is 4.44. The van der Waals surface area contributed by atoms with E-state index in [9.17, 15) is 4.79 Å². The maximum atomic E-state index is 11.1. The third-order valence-corrected chi connectivity index (χ3v) is 3.06. The van der Waals surface area contributed by atoms with E-state index in [2.05, 4.69) is 18.2 Å². The van der Waals surface area contributed by atoms with Crippen LogP contribution in [-0.2, 0) is 0 Å². The molecule has 2 aromatic rings. The Morgan fingerprint density at radius 3 is 2.47 bits per heavy atom. The fraction of sp³-hybridized carbons (Fsp3) is 0.133. The van der Waals surface area contributed by atoms with Crippen LogP contribution in [0.15, 0.2) is 36.4 Å². The SMILES string of the molecule is Cc1ccc(C)c(-c2ccc(Cl)cc2C=O)c1. The lowest BCUT2D eigenvalue weighted by molar-refractivity contribution is 0.112. The third kappa shape index (κ3) is 2.40. The molecule has 0 aromatic heterocycles. The molecule has 0 unspecified atom stereocenters. The number of hydrogen-bond acceptors (Lipinski definition) is 1. The molecule has 0 aliphatic carbocycles. The molecule has 2 rings (SSSR count). The molecule has 0 bridgehead atoms. The molecule has 86 valence electrons. The van der Waals surface area contributed by atoms with Crippen molar-refractivity contribution in [1.29, 1.82) is 0 Å². The Kier molecular flexibility index (Phi) is 3.30. The van der Waals surface area contributed by atoms with E-state index in [-0.39, 0.29) is 0 Å². The third-order valence-electron chi connectivity index (χ3n) is 2.82. The van der Waals surface area contributed by atoms with Crippen molar-refractivity contribution in [3.8, 4) is 11.1 Å². The van der Waals surface area contributed by atoms with Gasteiger partial charge >= 0.3 is 0 Å². The van der Waals surface area contributed by atoms with Gasteiger partial charge in [0, 0.05) is 10.6 Å². The van der Waals surface area contributed by atoms with Gasteiger partial charge in [-0.05, 0) is 42.7 Å². The molecule has 1 nitrogen and oxygen atoms in total. The second-order valence-electron chi connectivity index (χ2n) is 4.17. The smallest absolute Gasteiger partial charge is 0.150 e. The van der Waals surface area contributed by atoms with Gasteiger partial charge in [-0.1, -0.05) is 41.4 Å². The number of carbonyl (C=O) groups is 1. The Balaban J connectivity index is 2.67. The first kappa shape index (κ1) is 11.9. The number of aryl methyl sites for hydroxylation is 2. The molecule has 0 atom stereocenters. The van der Waals surface area contributed by atoms with Crippen LogP contribution in [0.4, 0.5) is 0 Å². The number of halogens is 1. The van der Waals surface area contributed by atoms with Gasteiger partial charge in [0.15, 0.2) is 6.29 Å². The van der Waals surface area contributed by atoms with Crippen molar-refractivity contribution in [2.75, 3.05) is 0 Å². The van der Waals surface area contributed by atoms with Crippen molar-refractivity contribution in [1.82, 2.24) is 0 Å². The largest absolute Gasteiger partial charge is 0.298 e. The second kappa shape index (κ2) is 4.72. The number of carbonyl (C=O) groups excluding carboxylic acids is 1. The number of hydrogen-bond donors (Lipinski definition) is 0. The predicted molar refractivity (Wildman–Crippen MR) is 71.7 cm³/mol. The zero-order valence-corrected chi connectivity index (χ0v) is 10.6. The van der Waals surface area contributed by atoms with Crippen LogP contribution in [0.25, 0.3) is 11.1 Å². The van der Waals surface area contributed by atoms with Gasteiger partial charge in [0.25, 0.3) is 0 Å². The summed E-state index contributed by atoms with van der Waals surface area (Å²) in [6.45, 7) is 4.08. The summed E-state index contributed by atoms with van der Waals surface area (Å²) in [6, 6.07) is 11.6. The maximum Gasteiger partial charge on any atom is 0.150 e. The summed E-state index contributed by atoms with van der Waals surface area (Å²) in [6.07, 6.45) is 0.850. The molecule has 0 spiro atoms. The van der Waals surface area contributed by atoms with E-state index in [1.807, 2.05) is 26.0 Å². The Hall–Kier alpha value is -1.60. The topological polar surface area (TPSA) is 17.1 Å². The number of aldehydes is 1. The highest BCUT2D eigenvalue weighted by Crippen LogP contribution is 2.28. The molecule has 0 N–H and O–H groups in total. The minimum atomic E-state index is 0.584. The van der Waals surface area contributed by atoms with E-state index in [0.717, 1.165) is 23.0 Å². The average Bonchev–Trinajstić information content (AvgIpc) is 2.32. The van der Waals surface area contributed by atoms with Gasteiger partial charge in [0.05, 0.1) is 0 Å². The van der Waals surface area contributed by atoms with Crippen LogP contribution in [-0.4, -0.2) is 6.29 Å². The van der Waals surface area contributed by atoms with Crippen molar-refractivity contribution < 1.29 is 4.79 Å². The molecule has 0 saturated carbocycles. The Bertz CT molecular complexity index is 573. The van der Waals surface area contributed by atoms with Crippen LogP contribution >= 0.6 is 11.6 Å². The molecule has 0 saturated heterocycles. The molecular formula is C15H13ClO. The molecule has 0 amide bonds. The standard InChI is InChI=1S/C15H13ClO/c1-10-3-4-11(2)15(7-10)14-6-5-13(16)8-12(14)9-17/h3-9H,1-2H3. The van der Waals surface area contributed by atoms with Gasteiger partial charge in [0.2, 0.25) is 0 Å². The first-order valence-corrected chi connectivity index (χ1v) is 5.82. The Morgan fingerprint density at radius 1 is 1.00 bits per heavy atom. The van der Waals surface area contributed by atoms with Crippen molar-refractivity contribution >= 4 is 17.9 Å². The fourth-order valence-corrected chi connectivity index (χ4v) is 2.08. The van der Waals surface area contributed by atoms with E-state index < -0.39 is 0 Å². The minimum absolute atomic E-state index is 0.584. The van der Waals surface area contributed by atoms with Crippen LogP contribution in [0.1, 0.15) is 21.5 Å². The number of benzene rings is 2. The molecule has 2 heteroatoms. The van der Waals surface area contributed by atoms with Crippen LogP contribution in [0.2, 0.25) is 5.02 Å². The van der Waals surface area contributed by atoms with Crippen LogP contribution in [0.3, 0.4) is 0 Å².